The molecule has 0 spiro atoms. The normalized spacial score (nSPS) is 10.3. The Kier molecular flexibility index (Phi) is 5.29. The molecule has 0 saturated heterocycles. The van der Waals surface area contributed by atoms with Crippen LogP contribution in [0.15, 0.2) is 35.3 Å². The highest BCUT2D eigenvalue weighted by Crippen LogP contribution is 2.17. The van der Waals surface area contributed by atoms with Gasteiger partial charge in [-0.25, -0.2) is 4.39 Å². The second-order valence-corrected chi connectivity index (χ2v) is 4.83. The van der Waals surface area contributed by atoms with Crippen molar-refractivity contribution in [3.63, 3.8) is 0 Å². The minimum atomic E-state index is -0.599. The summed E-state index contributed by atoms with van der Waals surface area (Å²) in [5, 5.41) is 7.54. The van der Waals surface area contributed by atoms with E-state index in [0.717, 1.165) is 6.07 Å². The summed E-state index contributed by atoms with van der Waals surface area (Å²) >= 11 is 0. The van der Waals surface area contributed by atoms with Gasteiger partial charge < -0.3 is 10.6 Å². The molecule has 0 bridgehead atoms. The lowest BCUT2D eigenvalue weighted by atomic mass is 10.2. The Bertz CT molecular complexity index is 766. The van der Waals surface area contributed by atoms with E-state index in [1.54, 1.807) is 6.92 Å². The van der Waals surface area contributed by atoms with Crippen molar-refractivity contribution in [1.29, 1.82) is 0 Å². The molecule has 2 amide bonds. The highest BCUT2D eigenvalue weighted by molar-refractivity contribution is 5.93. The van der Waals surface area contributed by atoms with Gasteiger partial charge in [-0.3, -0.25) is 24.2 Å². The van der Waals surface area contributed by atoms with Crippen LogP contribution >= 0.6 is 0 Å². The topological polar surface area (TPSA) is 96.0 Å². The molecule has 0 saturated carbocycles. The fourth-order valence-corrected chi connectivity index (χ4v) is 1.99. The molecule has 122 valence electrons. The molecule has 3 N–H and O–H groups in total. The first kappa shape index (κ1) is 16.5. The van der Waals surface area contributed by atoms with E-state index in [1.807, 2.05) is 0 Å². The van der Waals surface area contributed by atoms with Crippen LogP contribution in [0.2, 0.25) is 0 Å². The molecule has 23 heavy (non-hydrogen) atoms. The number of benzene rings is 1. The van der Waals surface area contributed by atoms with Crippen LogP contribution in [0.5, 0.6) is 0 Å². The molecule has 7 nitrogen and oxygen atoms in total. The molecule has 2 rings (SSSR count). The average molecular weight is 320 g/mol. The number of nitrogens with one attached hydrogen (secondary N) is 3. The van der Waals surface area contributed by atoms with Gasteiger partial charge in [0.15, 0.2) is 5.82 Å². The lowest BCUT2D eigenvalue weighted by Gasteiger charge is -2.08. The zero-order chi connectivity index (χ0) is 16.8. The highest BCUT2D eigenvalue weighted by atomic mass is 19.1. The number of hydrogen-bond acceptors (Lipinski definition) is 3. The van der Waals surface area contributed by atoms with E-state index >= 15 is 0 Å². The fraction of sp³-hybridized carbons (Fsp3) is 0.267. The van der Waals surface area contributed by atoms with E-state index in [2.05, 4.69) is 15.7 Å². The molecule has 0 unspecified atom stereocenters. The largest absolute Gasteiger partial charge is 0.356 e. The summed E-state index contributed by atoms with van der Waals surface area (Å²) in [5.74, 6) is -1.18. The van der Waals surface area contributed by atoms with Crippen LogP contribution in [0.4, 0.5) is 10.1 Å². The first-order valence-electron chi connectivity index (χ1n) is 7.13. The number of halogens is 1. The fourth-order valence-electron chi connectivity index (χ4n) is 1.99. The Morgan fingerprint density at radius 2 is 1.96 bits per heavy atom. The van der Waals surface area contributed by atoms with Gasteiger partial charge in [0.1, 0.15) is 0 Å². The average Bonchev–Trinajstić information content (AvgIpc) is 2.92. The van der Waals surface area contributed by atoms with Crippen molar-refractivity contribution >= 4 is 17.5 Å². The monoisotopic (exact) mass is 320 g/mol. The quantitative estimate of drug-likeness (QED) is 0.745. The lowest BCUT2D eigenvalue weighted by Crippen LogP contribution is -2.24. The van der Waals surface area contributed by atoms with Gasteiger partial charge in [-0.15, -0.1) is 0 Å². The number of carbonyl (C=O) groups is 2. The summed E-state index contributed by atoms with van der Waals surface area (Å²) in [7, 11) is 0. The molecule has 0 aliphatic carbocycles. The zero-order valence-corrected chi connectivity index (χ0v) is 12.6. The number of carbonyl (C=O) groups excluding carboxylic acids is 2. The van der Waals surface area contributed by atoms with Crippen LogP contribution in [0.3, 0.4) is 0 Å². The SMILES string of the molecule is CCNC(=O)CCC(=O)Nc1ccc(-n2ccc(=O)[nH]2)c(F)c1. The van der Waals surface area contributed by atoms with Crippen molar-refractivity contribution in [2.75, 3.05) is 11.9 Å². The van der Waals surface area contributed by atoms with Gasteiger partial charge in [0, 0.05) is 37.3 Å². The van der Waals surface area contributed by atoms with E-state index in [-0.39, 0.29) is 41.6 Å². The van der Waals surface area contributed by atoms with Crippen molar-refractivity contribution < 1.29 is 14.0 Å². The molecule has 1 aromatic heterocycles. The summed E-state index contributed by atoms with van der Waals surface area (Å²) < 4.78 is 15.3. The molecule has 0 radical (unpaired) electrons. The van der Waals surface area contributed by atoms with Gasteiger partial charge in [-0.2, -0.15) is 0 Å². The van der Waals surface area contributed by atoms with Crippen LogP contribution in [0.1, 0.15) is 19.8 Å². The van der Waals surface area contributed by atoms with Crippen LogP contribution in [0.25, 0.3) is 5.69 Å². The predicted molar refractivity (Wildman–Crippen MR) is 82.9 cm³/mol. The molecule has 1 heterocycles. The second-order valence-electron chi connectivity index (χ2n) is 4.83. The molecule has 0 atom stereocenters. The van der Waals surface area contributed by atoms with Gasteiger partial charge >= 0.3 is 0 Å². The van der Waals surface area contributed by atoms with Gasteiger partial charge in [0.2, 0.25) is 11.8 Å². The standard InChI is InChI=1S/C15H17FN4O3/c1-2-17-13(21)5-6-14(22)18-10-3-4-12(11(16)9-10)20-8-7-15(23)19-20/h3-4,7-9H,2,5-6H2,1H3,(H,17,21)(H,18,22)(H,19,23). The summed E-state index contributed by atoms with van der Waals surface area (Å²) in [6.07, 6.45) is 1.50. The van der Waals surface area contributed by atoms with Crippen LogP contribution in [0, 0.1) is 5.82 Å². The first-order chi connectivity index (χ1) is 11.0. The Morgan fingerprint density at radius 1 is 1.22 bits per heavy atom. The van der Waals surface area contributed by atoms with Crippen LogP contribution < -0.4 is 16.2 Å². The van der Waals surface area contributed by atoms with Crippen molar-refractivity contribution in [2.45, 2.75) is 19.8 Å². The second kappa shape index (κ2) is 7.39. The number of aromatic nitrogens is 2. The Morgan fingerprint density at radius 3 is 2.57 bits per heavy atom. The molecule has 8 heteroatoms. The van der Waals surface area contributed by atoms with Crippen molar-refractivity contribution in [2.24, 2.45) is 0 Å². The van der Waals surface area contributed by atoms with Crippen molar-refractivity contribution in [1.82, 2.24) is 15.1 Å². The third-order valence-electron chi connectivity index (χ3n) is 3.05. The third-order valence-corrected chi connectivity index (χ3v) is 3.05. The Hall–Kier alpha value is -2.90. The summed E-state index contributed by atoms with van der Waals surface area (Å²) in [6, 6.07) is 5.37. The third kappa shape index (κ3) is 4.53. The van der Waals surface area contributed by atoms with Gasteiger partial charge in [0.25, 0.3) is 5.56 Å². The van der Waals surface area contributed by atoms with Gasteiger partial charge in [-0.05, 0) is 25.1 Å². The first-order valence-corrected chi connectivity index (χ1v) is 7.13. The maximum Gasteiger partial charge on any atom is 0.264 e. The number of nitrogens with zero attached hydrogens (tertiary/aromatic N) is 1. The molecule has 1 aromatic carbocycles. The van der Waals surface area contributed by atoms with Crippen LogP contribution in [-0.2, 0) is 9.59 Å². The summed E-state index contributed by atoms with van der Waals surface area (Å²) in [5.41, 5.74) is 0.0983. The van der Waals surface area contributed by atoms with E-state index in [4.69, 9.17) is 0 Å². The zero-order valence-electron chi connectivity index (χ0n) is 12.6. The van der Waals surface area contributed by atoms with E-state index < -0.39 is 5.82 Å². The molecular formula is C15H17FN4O3. The predicted octanol–water partition coefficient (Wildman–Crippen LogP) is 1.16. The maximum atomic E-state index is 14.1. The minimum absolute atomic E-state index is 0.0140. The molecule has 0 aliphatic rings. The Labute approximate surface area is 131 Å². The lowest BCUT2D eigenvalue weighted by molar-refractivity contribution is -0.124. The number of H-pyrrole nitrogens is 1. The molecule has 0 fully saturated rings. The Balaban J connectivity index is 1.99. The smallest absolute Gasteiger partial charge is 0.264 e. The van der Waals surface area contributed by atoms with E-state index in [1.165, 1.54) is 29.1 Å². The van der Waals surface area contributed by atoms with Gasteiger partial charge in [0.05, 0.1) is 5.69 Å². The number of rotatable bonds is 6. The summed E-state index contributed by atoms with van der Waals surface area (Å²) in [4.78, 5) is 34.1. The van der Waals surface area contributed by atoms with E-state index in [0.29, 0.717) is 6.54 Å². The molecule has 0 aliphatic heterocycles. The number of anilines is 1. The van der Waals surface area contributed by atoms with Gasteiger partial charge in [-0.1, -0.05) is 0 Å². The van der Waals surface area contributed by atoms with Crippen molar-refractivity contribution in [3.05, 3.63) is 46.6 Å². The molecular weight excluding hydrogens is 303 g/mol. The molecule has 2 aromatic rings. The van der Waals surface area contributed by atoms with Crippen molar-refractivity contribution in [3.8, 4) is 5.69 Å². The number of amides is 2. The van der Waals surface area contributed by atoms with E-state index in [9.17, 15) is 18.8 Å². The van der Waals surface area contributed by atoms with Crippen LogP contribution in [-0.4, -0.2) is 28.1 Å². The number of aromatic amines is 1. The maximum absolute atomic E-state index is 14.1. The highest BCUT2D eigenvalue weighted by Gasteiger charge is 2.10. The minimum Gasteiger partial charge on any atom is -0.356 e. The number of hydrogen-bond donors (Lipinski definition) is 3. The summed E-state index contributed by atoms with van der Waals surface area (Å²) in [6.45, 7) is 2.30.